The van der Waals surface area contributed by atoms with Crippen LogP contribution in [0.3, 0.4) is 0 Å². The van der Waals surface area contributed by atoms with E-state index in [1.54, 1.807) is 0 Å². The second-order valence-electron chi connectivity index (χ2n) is 18.8. The number of rotatable bonds is 11. The zero-order valence-corrected chi connectivity index (χ0v) is 40.8. The molecule has 1 heterocycles. The van der Waals surface area contributed by atoms with Crippen molar-refractivity contribution in [2.75, 3.05) is 4.90 Å². The van der Waals surface area contributed by atoms with E-state index in [0.29, 0.717) is 0 Å². The Morgan fingerprint density at radius 2 is 0.514 bits per heavy atom. The Balaban J connectivity index is 0.868. The highest BCUT2D eigenvalue weighted by Crippen LogP contribution is 2.44. The van der Waals surface area contributed by atoms with Crippen molar-refractivity contribution in [1.29, 1.82) is 0 Å². The van der Waals surface area contributed by atoms with Gasteiger partial charge >= 0.3 is 0 Å². The molecule has 74 heavy (non-hydrogen) atoms. The highest BCUT2D eigenvalue weighted by Gasteiger charge is 2.19. The highest BCUT2D eigenvalue weighted by molar-refractivity contribution is 6.10. The average Bonchev–Trinajstić information content (AvgIpc) is 3.84. The maximum atomic E-state index is 2.37. The number of hydrogen-bond donors (Lipinski definition) is 0. The van der Waals surface area contributed by atoms with Crippen molar-refractivity contribution in [3.05, 3.63) is 303 Å². The van der Waals surface area contributed by atoms with Crippen LogP contribution in [-0.2, 0) is 0 Å². The van der Waals surface area contributed by atoms with Crippen molar-refractivity contribution in [2.45, 2.75) is 0 Å². The van der Waals surface area contributed by atoms with E-state index >= 15 is 0 Å². The summed E-state index contributed by atoms with van der Waals surface area (Å²) in [6.45, 7) is 0. The van der Waals surface area contributed by atoms with Crippen molar-refractivity contribution in [2.24, 2.45) is 0 Å². The maximum absolute atomic E-state index is 2.37. The summed E-state index contributed by atoms with van der Waals surface area (Å²) in [5.74, 6) is 0. The van der Waals surface area contributed by atoms with Crippen LogP contribution in [0.2, 0.25) is 0 Å². The van der Waals surface area contributed by atoms with Gasteiger partial charge in [0.05, 0.1) is 11.0 Å². The van der Waals surface area contributed by atoms with Gasteiger partial charge in [0.1, 0.15) is 0 Å². The van der Waals surface area contributed by atoms with Gasteiger partial charge in [0.2, 0.25) is 0 Å². The molecule has 0 bridgehead atoms. The SMILES string of the molecule is c1ccc(-c2ccc(-c3ccc(N(c4ccc(-c5ccc6c(c5)c5ccccc5n6-c5ccccc5)cc4)c4ccc(-c5ccccc5-c5ccccc5-c5ccccc5-c5ccccc5)cc4)cc3)cc2)cc1. The average molecular weight is 943 g/mol. The molecule has 0 amide bonds. The van der Waals surface area contributed by atoms with Gasteiger partial charge in [-0.25, -0.2) is 0 Å². The lowest BCUT2D eigenvalue weighted by molar-refractivity contribution is 1.18. The highest BCUT2D eigenvalue weighted by atomic mass is 15.1. The fraction of sp³-hybridized carbons (Fsp3) is 0. The molecular formula is C72H50N2. The third-order valence-corrected chi connectivity index (χ3v) is 14.5. The molecular weight excluding hydrogens is 893 g/mol. The summed E-state index contributed by atoms with van der Waals surface area (Å²) in [4.78, 5) is 2.37. The number of nitrogens with zero attached hydrogens (tertiary/aromatic N) is 2. The Morgan fingerprint density at radius 3 is 1.01 bits per heavy atom. The van der Waals surface area contributed by atoms with Crippen molar-refractivity contribution >= 4 is 38.9 Å². The maximum Gasteiger partial charge on any atom is 0.0541 e. The van der Waals surface area contributed by atoms with Gasteiger partial charge in [-0.05, 0) is 145 Å². The molecule has 348 valence electrons. The molecule has 2 heteroatoms. The Kier molecular flexibility index (Phi) is 11.6. The first-order chi connectivity index (χ1) is 36.7. The summed E-state index contributed by atoms with van der Waals surface area (Å²) in [7, 11) is 0. The van der Waals surface area contributed by atoms with Gasteiger partial charge in [-0.2, -0.15) is 0 Å². The van der Waals surface area contributed by atoms with Crippen molar-refractivity contribution in [1.82, 2.24) is 4.57 Å². The van der Waals surface area contributed by atoms with E-state index in [0.717, 1.165) is 28.3 Å². The molecule has 13 aromatic rings. The van der Waals surface area contributed by atoms with E-state index in [2.05, 4.69) is 313 Å². The predicted molar refractivity (Wildman–Crippen MR) is 314 cm³/mol. The van der Waals surface area contributed by atoms with E-state index in [9.17, 15) is 0 Å². The lowest BCUT2D eigenvalue weighted by atomic mass is 9.87. The minimum Gasteiger partial charge on any atom is -0.311 e. The standard InChI is InChI=1S/C72H50N2/c1-4-18-51(19-5-1)52-32-34-53(35-33-52)54-36-43-60(44-37-54)73(61-45-38-55(39-46-61)58-42-49-72-70(50-58)69-30-16-17-31-71(69)74(72)59-22-8-3-9-23-59)62-47-40-57(41-48-62)64-25-11-13-27-66(64)68-29-15-14-28-67(68)65-26-12-10-24-63(65)56-20-6-2-7-21-56/h1-50H. The molecule has 0 saturated carbocycles. The summed E-state index contributed by atoms with van der Waals surface area (Å²) in [6.07, 6.45) is 0. The molecule has 2 nitrogen and oxygen atoms in total. The van der Waals surface area contributed by atoms with Crippen molar-refractivity contribution < 1.29 is 0 Å². The number of benzene rings is 12. The van der Waals surface area contributed by atoms with Crippen LogP contribution in [0.15, 0.2) is 303 Å². The summed E-state index contributed by atoms with van der Waals surface area (Å²) in [5, 5.41) is 2.49. The molecule has 0 N–H and O–H groups in total. The largest absolute Gasteiger partial charge is 0.311 e. The fourth-order valence-corrected chi connectivity index (χ4v) is 10.8. The third-order valence-electron chi connectivity index (χ3n) is 14.5. The fourth-order valence-electron chi connectivity index (χ4n) is 10.8. The van der Waals surface area contributed by atoms with Gasteiger partial charge in [-0.1, -0.05) is 237 Å². The van der Waals surface area contributed by atoms with Crippen LogP contribution in [0.25, 0.3) is 105 Å². The Bertz CT molecular complexity index is 4060. The second-order valence-corrected chi connectivity index (χ2v) is 18.8. The van der Waals surface area contributed by atoms with Crippen molar-refractivity contribution in [3.63, 3.8) is 0 Å². The molecule has 0 radical (unpaired) electrons. The summed E-state index contributed by atoms with van der Waals surface area (Å²) < 4.78 is 2.37. The van der Waals surface area contributed by atoms with Gasteiger partial charge in [-0.15, -0.1) is 0 Å². The van der Waals surface area contributed by atoms with Gasteiger partial charge in [0, 0.05) is 33.5 Å². The van der Waals surface area contributed by atoms with Crippen LogP contribution in [-0.4, -0.2) is 4.57 Å². The zero-order valence-electron chi connectivity index (χ0n) is 40.8. The number of para-hydroxylation sites is 2. The molecule has 12 aromatic carbocycles. The monoisotopic (exact) mass is 942 g/mol. The Labute approximate surface area is 433 Å². The molecule has 0 atom stereocenters. The molecule has 0 unspecified atom stereocenters. The van der Waals surface area contributed by atoms with Gasteiger partial charge < -0.3 is 9.47 Å². The first-order valence-electron chi connectivity index (χ1n) is 25.4. The van der Waals surface area contributed by atoms with Crippen LogP contribution in [0.4, 0.5) is 17.1 Å². The second kappa shape index (κ2) is 19.4. The number of hydrogen-bond acceptors (Lipinski definition) is 1. The topological polar surface area (TPSA) is 8.17 Å². The molecule has 0 aliphatic heterocycles. The molecule has 0 aliphatic carbocycles. The minimum absolute atomic E-state index is 1.08. The minimum atomic E-state index is 1.08. The summed E-state index contributed by atoms with van der Waals surface area (Å²) in [5.41, 5.74) is 23.5. The Morgan fingerprint density at radius 1 is 0.203 bits per heavy atom. The van der Waals surface area contributed by atoms with E-state index < -0.39 is 0 Å². The number of fused-ring (bicyclic) bond motifs is 3. The first kappa shape index (κ1) is 44.2. The van der Waals surface area contributed by atoms with E-state index in [4.69, 9.17) is 0 Å². The summed E-state index contributed by atoms with van der Waals surface area (Å²) >= 11 is 0. The normalized spacial score (nSPS) is 11.2. The molecule has 1 aromatic heterocycles. The predicted octanol–water partition coefficient (Wildman–Crippen LogP) is 19.9. The van der Waals surface area contributed by atoms with Gasteiger partial charge in [-0.3, -0.25) is 0 Å². The van der Waals surface area contributed by atoms with E-state index in [1.807, 2.05) is 0 Å². The van der Waals surface area contributed by atoms with Crippen LogP contribution in [0.5, 0.6) is 0 Å². The number of anilines is 3. The Hall–Kier alpha value is -9.76. The lowest BCUT2D eigenvalue weighted by Crippen LogP contribution is -2.09. The quantitative estimate of drug-likeness (QED) is 0.125. The van der Waals surface area contributed by atoms with Gasteiger partial charge in [0.15, 0.2) is 0 Å². The third kappa shape index (κ3) is 8.35. The van der Waals surface area contributed by atoms with Gasteiger partial charge in [0.25, 0.3) is 0 Å². The molecule has 0 aliphatic rings. The molecule has 0 spiro atoms. The van der Waals surface area contributed by atoms with Crippen LogP contribution >= 0.6 is 0 Å². The summed E-state index contributed by atoms with van der Waals surface area (Å²) in [6, 6.07) is 110. The molecule has 0 fully saturated rings. The van der Waals surface area contributed by atoms with Crippen LogP contribution < -0.4 is 4.90 Å². The van der Waals surface area contributed by atoms with Crippen molar-refractivity contribution in [3.8, 4) is 83.6 Å². The molecule has 13 rings (SSSR count). The first-order valence-corrected chi connectivity index (χ1v) is 25.4. The van der Waals surface area contributed by atoms with E-state index in [-0.39, 0.29) is 0 Å². The zero-order chi connectivity index (χ0) is 49.2. The van der Waals surface area contributed by atoms with Crippen LogP contribution in [0.1, 0.15) is 0 Å². The smallest absolute Gasteiger partial charge is 0.0541 e. The molecule has 0 saturated heterocycles. The van der Waals surface area contributed by atoms with Crippen LogP contribution in [0, 0.1) is 0 Å². The number of aromatic nitrogens is 1. The lowest BCUT2D eigenvalue weighted by Gasteiger charge is -2.26. The van der Waals surface area contributed by atoms with E-state index in [1.165, 1.54) is 94.1 Å².